The summed E-state index contributed by atoms with van der Waals surface area (Å²) in [6, 6.07) is 0. The van der Waals surface area contributed by atoms with Gasteiger partial charge in [-0.25, -0.2) is 4.39 Å². The van der Waals surface area contributed by atoms with Gasteiger partial charge < -0.3 is 5.32 Å². The molecule has 0 bridgehead atoms. The Bertz CT molecular complexity index is 123. The molecule has 1 aliphatic rings. The van der Waals surface area contributed by atoms with Crippen molar-refractivity contribution >= 4 is 0 Å². The van der Waals surface area contributed by atoms with Crippen LogP contribution in [0.3, 0.4) is 0 Å². The van der Waals surface area contributed by atoms with Gasteiger partial charge >= 0.3 is 0 Å². The molecule has 1 rings (SSSR count). The summed E-state index contributed by atoms with van der Waals surface area (Å²) in [6.07, 6.45) is 8.08. The van der Waals surface area contributed by atoms with Crippen LogP contribution in [-0.4, -0.2) is 19.8 Å². The van der Waals surface area contributed by atoms with E-state index in [4.69, 9.17) is 0 Å². The third kappa shape index (κ3) is 3.51. The summed E-state index contributed by atoms with van der Waals surface area (Å²) in [6.45, 7) is 1.25. The molecule has 0 fully saturated rings. The Kier molecular flexibility index (Phi) is 4.21. The van der Waals surface area contributed by atoms with Crippen LogP contribution in [0.5, 0.6) is 0 Å². The van der Waals surface area contributed by atoms with E-state index in [1.54, 1.807) is 0 Å². The number of hydrogen-bond acceptors (Lipinski definition) is 1. The normalized spacial score (nSPS) is 23.9. The predicted molar refractivity (Wildman–Crippen MR) is 45.3 cm³/mol. The summed E-state index contributed by atoms with van der Waals surface area (Å²) < 4.78 is 11.7. The van der Waals surface area contributed by atoms with Crippen LogP contribution >= 0.6 is 0 Å². The number of hydrogen-bond donors (Lipinski definition) is 1. The maximum absolute atomic E-state index is 11.7. The van der Waals surface area contributed by atoms with E-state index in [0.717, 1.165) is 12.5 Å². The highest BCUT2D eigenvalue weighted by Crippen LogP contribution is 2.16. The SMILES string of the molecule is FCCNCC1CC=CCC1. The van der Waals surface area contributed by atoms with E-state index in [0.29, 0.717) is 6.54 Å². The summed E-state index contributed by atoms with van der Waals surface area (Å²) in [7, 11) is 0. The van der Waals surface area contributed by atoms with E-state index >= 15 is 0 Å². The Balaban J connectivity index is 2.02. The van der Waals surface area contributed by atoms with E-state index in [-0.39, 0.29) is 6.67 Å². The molecule has 1 N–H and O–H groups in total. The average molecular weight is 157 g/mol. The van der Waals surface area contributed by atoms with Gasteiger partial charge in [0.05, 0.1) is 0 Å². The highest BCUT2D eigenvalue weighted by molar-refractivity contribution is 4.90. The molecule has 0 spiro atoms. The molecule has 0 heterocycles. The molecule has 0 saturated heterocycles. The fourth-order valence-corrected chi connectivity index (χ4v) is 1.41. The Labute approximate surface area is 67.7 Å². The van der Waals surface area contributed by atoms with Crippen molar-refractivity contribution < 1.29 is 4.39 Å². The first-order valence-electron chi connectivity index (χ1n) is 4.35. The predicted octanol–water partition coefficient (Wildman–Crippen LogP) is 1.90. The van der Waals surface area contributed by atoms with E-state index in [9.17, 15) is 4.39 Å². The van der Waals surface area contributed by atoms with Gasteiger partial charge in [-0.2, -0.15) is 0 Å². The minimum atomic E-state index is -0.247. The standard InChI is InChI=1S/C9H16FN/c10-6-7-11-8-9-4-2-1-3-5-9/h1-2,9,11H,3-8H2. The first-order chi connectivity index (χ1) is 5.43. The highest BCUT2D eigenvalue weighted by atomic mass is 19.1. The van der Waals surface area contributed by atoms with E-state index in [1.165, 1.54) is 19.3 Å². The molecule has 0 amide bonds. The molecule has 1 atom stereocenters. The molecule has 2 heteroatoms. The summed E-state index contributed by atoms with van der Waals surface area (Å²) in [5.74, 6) is 0.742. The summed E-state index contributed by atoms with van der Waals surface area (Å²) >= 11 is 0. The van der Waals surface area contributed by atoms with Gasteiger partial charge in [0, 0.05) is 6.54 Å². The van der Waals surface area contributed by atoms with Crippen LogP contribution in [0.1, 0.15) is 19.3 Å². The van der Waals surface area contributed by atoms with Crippen molar-refractivity contribution in [2.24, 2.45) is 5.92 Å². The molecule has 1 unspecified atom stereocenters. The second-order valence-electron chi connectivity index (χ2n) is 3.04. The maximum Gasteiger partial charge on any atom is 0.102 e. The third-order valence-corrected chi connectivity index (χ3v) is 2.08. The smallest absolute Gasteiger partial charge is 0.102 e. The number of halogens is 1. The molecule has 1 aliphatic carbocycles. The molecule has 0 radical (unpaired) electrons. The topological polar surface area (TPSA) is 12.0 Å². The fourth-order valence-electron chi connectivity index (χ4n) is 1.41. The fraction of sp³-hybridized carbons (Fsp3) is 0.778. The zero-order valence-electron chi connectivity index (χ0n) is 6.85. The molecular weight excluding hydrogens is 141 g/mol. The van der Waals surface area contributed by atoms with E-state index < -0.39 is 0 Å². The van der Waals surface area contributed by atoms with Crippen LogP contribution in [0.4, 0.5) is 4.39 Å². The van der Waals surface area contributed by atoms with Crippen molar-refractivity contribution in [2.75, 3.05) is 19.8 Å². The van der Waals surface area contributed by atoms with Crippen molar-refractivity contribution in [2.45, 2.75) is 19.3 Å². The van der Waals surface area contributed by atoms with Crippen LogP contribution in [0.15, 0.2) is 12.2 Å². The van der Waals surface area contributed by atoms with Gasteiger partial charge in [0.25, 0.3) is 0 Å². The monoisotopic (exact) mass is 157 g/mol. The molecule has 0 aromatic heterocycles. The van der Waals surface area contributed by atoms with Crippen molar-refractivity contribution in [1.82, 2.24) is 5.32 Å². The Morgan fingerprint density at radius 1 is 1.45 bits per heavy atom. The number of alkyl halides is 1. The Morgan fingerprint density at radius 2 is 2.36 bits per heavy atom. The van der Waals surface area contributed by atoms with E-state index in [1.807, 2.05) is 0 Å². The van der Waals surface area contributed by atoms with Crippen molar-refractivity contribution in [3.63, 3.8) is 0 Å². The van der Waals surface area contributed by atoms with Crippen molar-refractivity contribution in [3.05, 3.63) is 12.2 Å². The van der Waals surface area contributed by atoms with Gasteiger partial charge in [0.1, 0.15) is 6.67 Å². The van der Waals surface area contributed by atoms with Crippen LogP contribution in [0, 0.1) is 5.92 Å². The van der Waals surface area contributed by atoms with Gasteiger partial charge in [-0.1, -0.05) is 12.2 Å². The average Bonchev–Trinajstić information content (AvgIpc) is 2.07. The van der Waals surface area contributed by atoms with Gasteiger partial charge in [0.2, 0.25) is 0 Å². The Morgan fingerprint density at radius 3 is 3.00 bits per heavy atom. The van der Waals surface area contributed by atoms with Crippen LogP contribution < -0.4 is 5.32 Å². The van der Waals surface area contributed by atoms with Crippen molar-refractivity contribution in [1.29, 1.82) is 0 Å². The summed E-state index contributed by atoms with van der Waals surface area (Å²) in [4.78, 5) is 0. The van der Waals surface area contributed by atoms with Crippen LogP contribution in [0.25, 0.3) is 0 Å². The molecule has 0 saturated carbocycles. The zero-order chi connectivity index (χ0) is 7.94. The lowest BCUT2D eigenvalue weighted by Crippen LogP contribution is -2.25. The molecule has 1 nitrogen and oxygen atoms in total. The molecule has 0 aromatic rings. The second-order valence-corrected chi connectivity index (χ2v) is 3.04. The number of nitrogens with one attached hydrogen (secondary N) is 1. The molecule has 64 valence electrons. The summed E-state index contributed by atoms with van der Waals surface area (Å²) in [5.41, 5.74) is 0. The van der Waals surface area contributed by atoms with Gasteiger partial charge in [0.15, 0.2) is 0 Å². The van der Waals surface area contributed by atoms with E-state index in [2.05, 4.69) is 17.5 Å². The van der Waals surface area contributed by atoms with Gasteiger partial charge in [-0.05, 0) is 31.7 Å². The van der Waals surface area contributed by atoms with Gasteiger partial charge in [-0.3, -0.25) is 0 Å². The second kappa shape index (κ2) is 5.30. The number of allylic oxidation sites excluding steroid dienone is 2. The molecule has 11 heavy (non-hydrogen) atoms. The first kappa shape index (κ1) is 8.72. The highest BCUT2D eigenvalue weighted by Gasteiger charge is 2.07. The zero-order valence-corrected chi connectivity index (χ0v) is 6.85. The van der Waals surface area contributed by atoms with Crippen LogP contribution in [0.2, 0.25) is 0 Å². The molecular formula is C9H16FN. The van der Waals surface area contributed by atoms with Crippen molar-refractivity contribution in [3.8, 4) is 0 Å². The lowest BCUT2D eigenvalue weighted by Gasteiger charge is -2.17. The lowest BCUT2D eigenvalue weighted by molar-refractivity contribution is 0.409. The van der Waals surface area contributed by atoms with Gasteiger partial charge in [-0.15, -0.1) is 0 Å². The number of rotatable bonds is 4. The minimum Gasteiger partial charge on any atom is -0.314 e. The molecule has 0 aliphatic heterocycles. The third-order valence-electron chi connectivity index (χ3n) is 2.08. The first-order valence-corrected chi connectivity index (χ1v) is 4.35. The quantitative estimate of drug-likeness (QED) is 0.485. The summed E-state index contributed by atoms with van der Waals surface area (Å²) in [5, 5.41) is 3.10. The largest absolute Gasteiger partial charge is 0.314 e. The Hall–Kier alpha value is -0.370. The lowest BCUT2D eigenvalue weighted by atomic mass is 9.94. The van der Waals surface area contributed by atoms with Crippen LogP contribution in [-0.2, 0) is 0 Å². The molecule has 0 aromatic carbocycles. The minimum absolute atomic E-state index is 0.247. The maximum atomic E-state index is 11.7.